The molecule has 4 heterocycles. The molecule has 0 spiro atoms. The number of fused-ring (bicyclic) bond motifs is 2. The standard InChI is InChI=1S/C25H24N6O5/c1-13-23(14(2)30-29-13)18-6-7-21-19(27-18)9-22(36-21)20(28-25(34)26-12-32)11-31-10-15-4-5-16(35-3)8-17(15)24(31)33/h4-9,12,20H,10-11H2,1-3H3,(H,29,30)(H2,26,28,32,34)/t20-/m0/s1. The normalized spacial score (nSPS) is 13.5. The van der Waals surface area contributed by atoms with Gasteiger partial charge >= 0.3 is 6.03 Å². The first kappa shape index (κ1) is 23.1. The number of pyridine rings is 1. The van der Waals surface area contributed by atoms with Gasteiger partial charge < -0.3 is 19.4 Å². The van der Waals surface area contributed by atoms with Crippen LogP contribution in [0.15, 0.2) is 40.8 Å². The monoisotopic (exact) mass is 488 g/mol. The highest BCUT2D eigenvalue weighted by molar-refractivity contribution is 5.98. The third-order valence-corrected chi connectivity index (χ3v) is 6.21. The van der Waals surface area contributed by atoms with Crippen molar-refractivity contribution in [2.75, 3.05) is 13.7 Å². The number of rotatable bonds is 7. The van der Waals surface area contributed by atoms with Crippen molar-refractivity contribution in [3.63, 3.8) is 0 Å². The maximum absolute atomic E-state index is 13.1. The second kappa shape index (κ2) is 9.17. The highest BCUT2D eigenvalue weighted by Gasteiger charge is 2.32. The molecular formula is C25H24N6O5. The number of nitrogens with zero attached hydrogens (tertiary/aromatic N) is 3. The van der Waals surface area contributed by atoms with E-state index in [2.05, 4.69) is 20.8 Å². The Morgan fingerprint density at radius 3 is 2.83 bits per heavy atom. The fourth-order valence-electron chi connectivity index (χ4n) is 4.48. The Balaban J connectivity index is 1.46. The van der Waals surface area contributed by atoms with Gasteiger partial charge in [-0.15, -0.1) is 0 Å². The summed E-state index contributed by atoms with van der Waals surface area (Å²) < 4.78 is 11.3. The molecule has 0 saturated carbocycles. The van der Waals surface area contributed by atoms with E-state index in [4.69, 9.17) is 14.1 Å². The first-order chi connectivity index (χ1) is 17.4. The maximum atomic E-state index is 13.1. The molecule has 1 atom stereocenters. The number of H-pyrrole nitrogens is 1. The average molecular weight is 489 g/mol. The number of ether oxygens (including phenoxy) is 1. The molecule has 5 rings (SSSR count). The highest BCUT2D eigenvalue weighted by Crippen LogP contribution is 2.31. The molecule has 4 amide bonds. The lowest BCUT2D eigenvalue weighted by molar-refractivity contribution is -0.108. The van der Waals surface area contributed by atoms with E-state index >= 15 is 0 Å². The molecule has 0 unspecified atom stereocenters. The molecule has 0 fully saturated rings. The van der Waals surface area contributed by atoms with Crippen molar-refractivity contribution in [2.24, 2.45) is 0 Å². The molecule has 0 saturated heterocycles. The Morgan fingerprint density at radius 2 is 2.11 bits per heavy atom. The summed E-state index contributed by atoms with van der Waals surface area (Å²) in [6, 6.07) is 9.28. The molecule has 36 heavy (non-hydrogen) atoms. The number of carbonyl (C=O) groups excluding carboxylic acids is 3. The van der Waals surface area contributed by atoms with Crippen LogP contribution >= 0.6 is 0 Å². The summed E-state index contributed by atoms with van der Waals surface area (Å²) in [5.74, 6) is 0.804. The van der Waals surface area contributed by atoms with Crippen molar-refractivity contribution < 1.29 is 23.5 Å². The van der Waals surface area contributed by atoms with Gasteiger partial charge in [0.15, 0.2) is 5.58 Å². The number of urea groups is 1. The summed E-state index contributed by atoms with van der Waals surface area (Å²) in [7, 11) is 1.54. The van der Waals surface area contributed by atoms with E-state index in [0.29, 0.717) is 34.7 Å². The third kappa shape index (κ3) is 4.15. The van der Waals surface area contributed by atoms with E-state index < -0.39 is 12.1 Å². The number of imide groups is 1. The zero-order valence-corrected chi connectivity index (χ0v) is 19.9. The fraction of sp³-hybridized carbons (Fsp3) is 0.240. The Kier molecular flexibility index (Phi) is 5.88. The molecule has 184 valence electrons. The van der Waals surface area contributed by atoms with Crippen molar-refractivity contribution in [2.45, 2.75) is 26.4 Å². The van der Waals surface area contributed by atoms with Gasteiger partial charge in [-0.3, -0.25) is 20.0 Å². The Hall–Kier alpha value is -4.67. The average Bonchev–Trinajstić information content (AvgIpc) is 3.53. The summed E-state index contributed by atoms with van der Waals surface area (Å²) in [5.41, 5.74) is 5.90. The lowest BCUT2D eigenvalue weighted by Crippen LogP contribution is -2.42. The molecule has 4 aromatic rings. The number of aromatic nitrogens is 3. The van der Waals surface area contributed by atoms with E-state index in [-0.39, 0.29) is 18.9 Å². The predicted octanol–water partition coefficient (Wildman–Crippen LogP) is 3.00. The van der Waals surface area contributed by atoms with Crippen LogP contribution in [0, 0.1) is 13.8 Å². The lowest BCUT2D eigenvalue weighted by Gasteiger charge is -2.23. The third-order valence-electron chi connectivity index (χ3n) is 6.21. The summed E-state index contributed by atoms with van der Waals surface area (Å²) in [6.45, 7) is 4.31. The largest absolute Gasteiger partial charge is 0.497 e. The molecule has 11 nitrogen and oxygen atoms in total. The van der Waals surface area contributed by atoms with Crippen LogP contribution in [0.25, 0.3) is 22.4 Å². The van der Waals surface area contributed by atoms with E-state index in [0.717, 1.165) is 28.2 Å². The quantitative estimate of drug-likeness (QED) is 0.339. The number of methoxy groups -OCH3 is 1. The van der Waals surface area contributed by atoms with Gasteiger partial charge in [0.1, 0.15) is 23.1 Å². The van der Waals surface area contributed by atoms with Crippen molar-refractivity contribution in [1.29, 1.82) is 0 Å². The molecule has 1 aromatic carbocycles. The Labute approximate surface area is 205 Å². The second-order valence-electron chi connectivity index (χ2n) is 8.53. The van der Waals surface area contributed by atoms with E-state index in [9.17, 15) is 14.4 Å². The predicted molar refractivity (Wildman–Crippen MR) is 129 cm³/mol. The van der Waals surface area contributed by atoms with Crippen molar-refractivity contribution in [3.05, 3.63) is 64.7 Å². The minimum Gasteiger partial charge on any atom is -0.497 e. The number of carbonyl (C=O) groups is 3. The maximum Gasteiger partial charge on any atom is 0.321 e. The van der Waals surface area contributed by atoms with Crippen LogP contribution in [0.4, 0.5) is 4.79 Å². The molecule has 0 bridgehead atoms. The van der Waals surface area contributed by atoms with Crippen LogP contribution in [0.3, 0.4) is 0 Å². The smallest absolute Gasteiger partial charge is 0.321 e. The van der Waals surface area contributed by atoms with Crippen LogP contribution in [-0.2, 0) is 11.3 Å². The van der Waals surface area contributed by atoms with Crippen molar-refractivity contribution in [3.8, 4) is 17.0 Å². The molecular weight excluding hydrogens is 464 g/mol. The number of aromatic amines is 1. The number of hydrogen-bond donors (Lipinski definition) is 3. The summed E-state index contributed by atoms with van der Waals surface area (Å²) in [5, 5.41) is 12.0. The van der Waals surface area contributed by atoms with Crippen LogP contribution in [0.1, 0.15) is 39.1 Å². The topological polar surface area (TPSA) is 142 Å². The van der Waals surface area contributed by atoms with Gasteiger partial charge in [-0.05, 0) is 43.7 Å². The summed E-state index contributed by atoms with van der Waals surface area (Å²) in [4.78, 5) is 42.5. The van der Waals surface area contributed by atoms with Gasteiger partial charge in [-0.2, -0.15) is 5.10 Å². The summed E-state index contributed by atoms with van der Waals surface area (Å²) in [6.07, 6.45) is 0.289. The van der Waals surface area contributed by atoms with Crippen LogP contribution in [0.5, 0.6) is 5.75 Å². The van der Waals surface area contributed by atoms with Crippen molar-refractivity contribution >= 4 is 29.4 Å². The molecule has 3 aromatic heterocycles. The molecule has 1 aliphatic rings. The Morgan fingerprint density at radius 1 is 1.28 bits per heavy atom. The minimum atomic E-state index is -0.736. The number of benzene rings is 1. The van der Waals surface area contributed by atoms with Crippen LogP contribution < -0.4 is 15.4 Å². The Bertz CT molecular complexity index is 1470. The number of furan rings is 1. The molecule has 1 aliphatic heterocycles. The van der Waals surface area contributed by atoms with Gasteiger partial charge in [0.05, 0.1) is 18.5 Å². The van der Waals surface area contributed by atoms with Gasteiger partial charge in [0, 0.05) is 36.0 Å². The number of aryl methyl sites for hydroxylation is 2. The van der Waals surface area contributed by atoms with Crippen LogP contribution in [0.2, 0.25) is 0 Å². The molecule has 11 heteroatoms. The van der Waals surface area contributed by atoms with Gasteiger partial charge in [-0.25, -0.2) is 9.78 Å². The molecule has 0 aliphatic carbocycles. The van der Waals surface area contributed by atoms with E-state index in [1.54, 1.807) is 36.3 Å². The van der Waals surface area contributed by atoms with E-state index in [1.807, 2.05) is 26.0 Å². The zero-order chi connectivity index (χ0) is 25.4. The minimum absolute atomic E-state index is 0.120. The highest BCUT2D eigenvalue weighted by atomic mass is 16.5. The van der Waals surface area contributed by atoms with Gasteiger partial charge in [0.25, 0.3) is 5.91 Å². The first-order valence-electron chi connectivity index (χ1n) is 11.3. The second-order valence-corrected chi connectivity index (χ2v) is 8.53. The zero-order valence-electron chi connectivity index (χ0n) is 19.9. The number of nitrogens with one attached hydrogen (secondary N) is 3. The summed E-state index contributed by atoms with van der Waals surface area (Å²) >= 11 is 0. The fourth-order valence-corrected chi connectivity index (χ4v) is 4.48. The lowest BCUT2D eigenvalue weighted by atomic mass is 10.1. The SMILES string of the molecule is COc1ccc2c(c1)C(=O)N(C[C@H](NC(=O)NC=O)c1cc3nc(-c4c(C)n[nH]c4C)ccc3o1)C2. The van der Waals surface area contributed by atoms with Gasteiger partial charge in [0.2, 0.25) is 6.41 Å². The van der Waals surface area contributed by atoms with Crippen molar-refractivity contribution in [1.82, 2.24) is 30.7 Å². The number of hydrogen-bond acceptors (Lipinski definition) is 7. The van der Waals surface area contributed by atoms with E-state index in [1.165, 1.54) is 0 Å². The molecule has 3 N–H and O–H groups in total. The molecule has 0 radical (unpaired) electrons. The van der Waals surface area contributed by atoms with Crippen LogP contribution in [-0.4, -0.2) is 52.1 Å². The first-order valence-corrected chi connectivity index (χ1v) is 11.3. The van der Waals surface area contributed by atoms with Gasteiger partial charge in [-0.1, -0.05) is 6.07 Å². The number of amides is 4.